The van der Waals surface area contributed by atoms with Gasteiger partial charge in [0, 0.05) is 31.4 Å². The number of para-hydroxylation sites is 1. The van der Waals surface area contributed by atoms with Gasteiger partial charge in [0.15, 0.2) is 0 Å². The molecule has 1 N–H and O–H groups in total. The fourth-order valence-electron chi connectivity index (χ4n) is 3.05. The number of hydrogen-bond donors (Lipinski definition) is 1. The number of anilines is 1. The third-order valence-electron chi connectivity index (χ3n) is 4.59. The molecule has 1 fully saturated rings. The molecule has 0 bridgehead atoms. The molecule has 0 aliphatic carbocycles. The Balaban J connectivity index is 2.23. The van der Waals surface area contributed by atoms with Crippen LogP contribution in [0.2, 0.25) is 0 Å². The van der Waals surface area contributed by atoms with Crippen molar-refractivity contribution in [1.29, 1.82) is 0 Å². The highest BCUT2D eigenvalue weighted by atomic mass is 15.2. The lowest BCUT2D eigenvalue weighted by Gasteiger charge is -2.40. The average molecular weight is 274 g/mol. The Labute approximate surface area is 124 Å². The summed E-state index contributed by atoms with van der Waals surface area (Å²) < 4.78 is 0. The van der Waals surface area contributed by atoms with Crippen molar-refractivity contribution in [1.82, 2.24) is 5.32 Å². The number of rotatable bonds is 3. The lowest BCUT2D eigenvalue weighted by atomic mass is 9.85. The molecule has 2 atom stereocenters. The standard InChI is InChI=1S/C18H30N2/c1-6-14(2)16-13-20(12-11-19-16)17-10-8-7-9-15(17)18(3,4)5/h7-10,14,16,19H,6,11-13H2,1-5H3. The Hall–Kier alpha value is -1.02. The summed E-state index contributed by atoms with van der Waals surface area (Å²) in [6.07, 6.45) is 1.24. The first-order valence-corrected chi connectivity index (χ1v) is 8.01. The van der Waals surface area contributed by atoms with E-state index in [1.54, 1.807) is 0 Å². The van der Waals surface area contributed by atoms with Crippen molar-refractivity contribution in [2.45, 2.75) is 52.5 Å². The van der Waals surface area contributed by atoms with E-state index in [-0.39, 0.29) is 5.41 Å². The lowest BCUT2D eigenvalue weighted by molar-refractivity contribution is 0.341. The Morgan fingerprint density at radius 2 is 2.00 bits per heavy atom. The van der Waals surface area contributed by atoms with Gasteiger partial charge in [0.2, 0.25) is 0 Å². The molecule has 1 aliphatic heterocycles. The van der Waals surface area contributed by atoms with Crippen LogP contribution in [0.15, 0.2) is 24.3 Å². The maximum Gasteiger partial charge on any atom is 0.0405 e. The van der Waals surface area contributed by atoms with Gasteiger partial charge in [0.25, 0.3) is 0 Å². The van der Waals surface area contributed by atoms with Crippen LogP contribution in [0.25, 0.3) is 0 Å². The summed E-state index contributed by atoms with van der Waals surface area (Å²) in [7, 11) is 0. The number of hydrogen-bond acceptors (Lipinski definition) is 2. The molecular formula is C18H30N2. The minimum absolute atomic E-state index is 0.202. The zero-order valence-corrected chi connectivity index (χ0v) is 13.7. The molecule has 112 valence electrons. The van der Waals surface area contributed by atoms with Crippen molar-refractivity contribution < 1.29 is 0 Å². The van der Waals surface area contributed by atoms with Crippen molar-refractivity contribution >= 4 is 5.69 Å². The predicted octanol–water partition coefficient (Wildman–Crippen LogP) is 3.81. The van der Waals surface area contributed by atoms with E-state index in [1.165, 1.54) is 17.7 Å². The predicted molar refractivity (Wildman–Crippen MR) is 88.6 cm³/mol. The maximum atomic E-state index is 3.69. The molecular weight excluding hydrogens is 244 g/mol. The minimum atomic E-state index is 0.202. The second kappa shape index (κ2) is 6.17. The highest BCUT2D eigenvalue weighted by Gasteiger charge is 2.26. The molecule has 1 aromatic rings. The van der Waals surface area contributed by atoms with Gasteiger partial charge in [0.05, 0.1) is 0 Å². The molecule has 2 unspecified atom stereocenters. The van der Waals surface area contributed by atoms with Crippen molar-refractivity contribution in [2.24, 2.45) is 5.92 Å². The van der Waals surface area contributed by atoms with Gasteiger partial charge in [-0.1, -0.05) is 59.2 Å². The van der Waals surface area contributed by atoms with Crippen LogP contribution in [0.4, 0.5) is 5.69 Å². The summed E-state index contributed by atoms with van der Waals surface area (Å²) in [5.41, 5.74) is 3.09. The molecule has 0 saturated carbocycles. The highest BCUT2D eigenvalue weighted by Crippen LogP contribution is 2.32. The quantitative estimate of drug-likeness (QED) is 0.901. The monoisotopic (exact) mass is 274 g/mol. The van der Waals surface area contributed by atoms with Crippen LogP contribution in [0, 0.1) is 5.92 Å². The van der Waals surface area contributed by atoms with E-state index in [0.29, 0.717) is 6.04 Å². The molecule has 0 amide bonds. The third kappa shape index (κ3) is 3.35. The first kappa shape index (κ1) is 15.4. The average Bonchev–Trinajstić information content (AvgIpc) is 2.45. The van der Waals surface area contributed by atoms with Crippen molar-refractivity contribution in [3.05, 3.63) is 29.8 Å². The second-order valence-corrected chi connectivity index (χ2v) is 7.16. The van der Waals surface area contributed by atoms with Crippen molar-refractivity contribution in [2.75, 3.05) is 24.5 Å². The number of nitrogens with one attached hydrogen (secondary N) is 1. The van der Waals surface area contributed by atoms with Gasteiger partial charge in [-0.3, -0.25) is 0 Å². The summed E-state index contributed by atoms with van der Waals surface area (Å²) in [4.78, 5) is 2.58. The first-order valence-electron chi connectivity index (χ1n) is 8.01. The van der Waals surface area contributed by atoms with Crippen LogP contribution in [0.5, 0.6) is 0 Å². The van der Waals surface area contributed by atoms with Crippen LogP contribution in [-0.2, 0) is 5.41 Å². The molecule has 1 aliphatic rings. The van der Waals surface area contributed by atoms with Gasteiger partial charge in [-0.05, 0) is 23.0 Å². The Kier molecular flexibility index (Phi) is 4.74. The van der Waals surface area contributed by atoms with E-state index in [4.69, 9.17) is 0 Å². The molecule has 0 radical (unpaired) electrons. The van der Waals surface area contributed by atoms with Gasteiger partial charge >= 0.3 is 0 Å². The first-order chi connectivity index (χ1) is 9.43. The highest BCUT2D eigenvalue weighted by molar-refractivity contribution is 5.56. The molecule has 1 aromatic carbocycles. The fourth-order valence-corrected chi connectivity index (χ4v) is 3.05. The zero-order chi connectivity index (χ0) is 14.8. The maximum absolute atomic E-state index is 3.69. The van der Waals surface area contributed by atoms with Crippen LogP contribution in [0.3, 0.4) is 0 Å². The van der Waals surface area contributed by atoms with Crippen molar-refractivity contribution in [3.8, 4) is 0 Å². The topological polar surface area (TPSA) is 15.3 Å². The number of benzene rings is 1. The summed E-state index contributed by atoms with van der Waals surface area (Å²) >= 11 is 0. The summed E-state index contributed by atoms with van der Waals surface area (Å²) in [6.45, 7) is 14.9. The summed E-state index contributed by atoms with van der Waals surface area (Å²) in [5, 5.41) is 3.69. The van der Waals surface area contributed by atoms with Gasteiger partial charge in [-0.15, -0.1) is 0 Å². The van der Waals surface area contributed by atoms with Gasteiger partial charge < -0.3 is 10.2 Å². The Bertz CT molecular complexity index is 433. The molecule has 1 heterocycles. The number of nitrogens with zero attached hydrogens (tertiary/aromatic N) is 1. The van der Waals surface area contributed by atoms with E-state index in [0.717, 1.165) is 25.6 Å². The molecule has 2 nitrogen and oxygen atoms in total. The van der Waals surface area contributed by atoms with E-state index in [1.807, 2.05) is 0 Å². The fraction of sp³-hybridized carbons (Fsp3) is 0.667. The van der Waals surface area contributed by atoms with Crippen LogP contribution >= 0.6 is 0 Å². The lowest BCUT2D eigenvalue weighted by Crippen LogP contribution is -2.53. The molecule has 2 heteroatoms. The Morgan fingerprint density at radius 1 is 1.30 bits per heavy atom. The second-order valence-electron chi connectivity index (χ2n) is 7.16. The summed E-state index contributed by atoms with van der Waals surface area (Å²) in [5.74, 6) is 0.736. The van der Waals surface area contributed by atoms with Crippen molar-refractivity contribution in [3.63, 3.8) is 0 Å². The molecule has 20 heavy (non-hydrogen) atoms. The summed E-state index contributed by atoms with van der Waals surface area (Å²) in [6, 6.07) is 9.53. The van der Waals surface area contributed by atoms with Crippen LogP contribution in [0.1, 0.15) is 46.6 Å². The van der Waals surface area contributed by atoms with E-state index in [9.17, 15) is 0 Å². The molecule has 2 rings (SSSR count). The van der Waals surface area contributed by atoms with E-state index < -0.39 is 0 Å². The van der Waals surface area contributed by atoms with E-state index in [2.05, 4.69) is 69.1 Å². The smallest absolute Gasteiger partial charge is 0.0405 e. The largest absolute Gasteiger partial charge is 0.368 e. The molecule has 0 aromatic heterocycles. The van der Waals surface area contributed by atoms with Gasteiger partial charge in [0.1, 0.15) is 0 Å². The van der Waals surface area contributed by atoms with Crippen LogP contribution < -0.4 is 10.2 Å². The number of piperazine rings is 1. The van der Waals surface area contributed by atoms with Crippen LogP contribution in [-0.4, -0.2) is 25.7 Å². The minimum Gasteiger partial charge on any atom is -0.368 e. The SMILES string of the molecule is CCC(C)C1CN(c2ccccc2C(C)(C)C)CCN1. The van der Waals surface area contributed by atoms with Gasteiger partial charge in [-0.25, -0.2) is 0 Å². The van der Waals surface area contributed by atoms with E-state index >= 15 is 0 Å². The molecule has 1 saturated heterocycles. The third-order valence-corrected chi connectivity index (χ3v) is 4.59. The zero-order valence-electron chi connectivity index (χ0n) is 13.7. The van der Waals surface area contributed by atoms with Gasteiger partial charge in [-0.2, -0.15) is 0 Å². The molecule has 0 spiro atoms. The normalized spacial score (nSPS) is 21.9. The Morgan fingerprint density at radius 3 is 2.65 bits per heavy atom.